The molecule has 0 saturated carbocycles. The van der Waals surface area contributed by atoms with Gasteiger partial charge in [-0.2, -0.15) is 10.2 Å². The SMILES string of the molecule is CC(C)n1nccc1NC(=O)[C@@H](C)OC(=O)/C=C/c1cnn(Cc2ccccc2)c1. The van der Waals surface area contributed by atoms with Crippen molar-refractivity contribution in [1.82, 2.24) is 19.6 Å². The van der Waals surface area contributed by atoms with Crippen molar-refractivity contribution in [1.29, 1.82) is 0 Å². The average molecular weight is 407 g/mol. The zero-order valence-corrected chi connectivity index (χ0v) is 17.2. The van der Waals surface area contributed by atoms with Crippen LogP contribution in [0.4, 0.5) is 5.82 Å². The van der Waals surface area contributed by atoms with Gasteiger partial charge in [0.05, 0.1) is 18.9 Å². The van der Waals surface area contributed by atoms with E-state index in [0.717, 1.165) is 11.1 Å². The monoisotopic (exact) mass is 407 g/mol. The lowest BCUT2D eigenvalue weighted by Crippen LogP contribution is -2.30. The predicted octanol–water partition coefficient (Wildman–Crippen LogP) is 3.29. The fourth-order valence-corrected chi connectivity index (χ4v) is 2.81. The Morgan fingerprint density at radius 1 is 1.13 bits per heavy atom. The van der Waals surface area contributed by atoms with E-state index in [9.17, 15) is 9.59 Å². The number of ether oxygens (including phenoxy) is 1. The van der Waals surface area contributed by atoms with Gasteiger partial charge in [0.1, 0.15) is 5.82 Å². The molecule has 2 heterocycles. The minimum absolute atomic E-state index is 0.0962. The number of hydrogen-bond acceptors (Lipinski definition) is 5. The maximum absolute atomic E-state index is 12.3. The highest BCUT2D eigenvalue weighted by Gasteiger charge is 2.18. The second-order valence-electron chi connectivity index (χ2n) is 7.11. The molecule has 1 amide bonds. The fraction of sp³-hybridized carbons (Fsp3) is 0.273. The zero-order valence-electron chi connectivity index (χ0n) is 17.2. The molecule has 0 spiro atoms. The molecule has 3 rings (SSSR count). The number of hydrogen-bond donors (Lipinski definition) is 1. The number of esters is 1. The van der Waals surface area contributed by atoms with Crippen molar-refractivity contribution in [2.45, 2.75) is 39.5 Å². The van der Waals surface area contributed by atoms with Crippen LogP contribution in [0.25, 0.3) is 6.08 Å². The minimum Gasteiger partial charge on any atom is -0.449 e. The molecule has 1 N–H and O–H groups in total. The average Bonchev–Trinajstić information content (AvgIpc) is 3.36. The Bertz CT molecular complexity index is 1020. The molecule has 0 bridgehead atoms. The summed E-state index contributed by atoms with van der Waals surface area (Å²) in [4.78, 5) is 24.4. The fourth-order valence-electron chi connectivity index (χ4n) is 2.81. The third kappa shape index (κ3) is 5.66. The Balaban J connectivity index is 1.51. The lowest BCUT2D eigenvalue weighted by Gasteiger charge is -2.15. The molecule has 0 aliphatic rings. The molecule has 3 aromatic rings. The van der Waals surface area contributed by atoms with Crippen LogP contribution in [0, 0.1) is 0 Å². The number of aromatic nitrogens is 4. The number of nitrogens with zero attached hydrogens (tertiary/aromatic N) is 4. The van der Waals surface area contributed by atoms with Crippen LogP contribution in [0.1, 0.15) is 37.9 Å². The van der Waals surface area contributed by atoms with Crippen molar-refractivity contribution in [3.8, 4) is 0 Å². The first-order valence-corrected chi connectivity index (χ1v) is 9.72. The van der Waals surface area contributed by atoms with Gasteiger partial charge in [0.15, 0.2) is 6.10 Å². The first kappa shape index (κ1) is 21.0. The van der Waals surface area contributed by atoms with E-state index < -0.39 is 18.0 Å². The Hall–Kier alpha value is -3.68. The number of carbonyl (C=O) groups excluding carboxylic acids is 2. The third-order valence-electron chi connectivity index (χ3n) is 4.33. The summed E-state index contributed by atoms with van der Waals surface area (Å²) in [6, 6.07) is 11.8. The highest BCUT2D eigenvalue weighted by atomic mass is 16.5. The van der Waals surface area contributed by atoms with Crippen molar-refractivity contribution >= 4 is 23.8 Å². The van der Waals surface area contributed by atoms with Crippen LogP contribution in [0.3, 0.4) is 0 Å². The summed E-state index contributed by atoms with van der Waals surface area (Å²) in [5, 5.41) is 11.2. The quantitative estimate of drug-likeness (QED) is 0.457. The van der Waals surface area contributed by atoms with Crippen LogP contribution >= 0.6 is 0 Å². The summed E-state index contributed by atoms with van der Waals surface area (Å²) < 4.78 is 8.66. The second kappa shape index (κ2) is 9.69. The molecule has 30 heavy (non-hydrogen) atoms. The summed E-state index contributed by atoms with van der Waals surface area (Å²) in [5.41, 5.74) is 1.90. The van der Waals surface area contributed by atoms with Crippen LogP contribution in [0.2, 0.25) is 0 Å². The van der Waals surface area contributed by atoms with E-state index in [2.05, 4.69) is 15.5 Å². The molecule has 1 atom stereocenters. The Labute approximate surface area is 175 Å². The first-order valence-electron chi connectivity index (χ1n) is 9.72. The molecule has 0 aliphatic heterocycles. The Kier molecular flexibility index (Phi) is 6.79. The maximum Gasteiger partial charge on any atom is 0.331 e. The molecule has 0 fully saturated rings. The molecule has 1 aromatic carbocycles. The van der Waals surface area contributed by atoms with Crippen LogP contribution < -0.4 is 5.32 Å². The molecule has 0 radical (unpaired) electrons. The van der Waals surface area contributed by atoms with Gasteiger partial charge in [0, 0.05) is 29.9 Å². The number of amides is 1. The molecule has 0 unspecified atom stereocenters. The Morgan fingerprint density at radius 2 is 1.90 bits per heavy atom. The van der Waals surface area contributed by atoms with Crippen LogP contribution in [-0.4, -0.2) is 37.5 Å². The van der Waals surface area contributed by atoms with Crippen molar-refractivity contribution < 1.29 is 14.3 Å². The van der Waals surface area contributed by atoms with Gasteiger partial charge in [-0.1, -0.05) is 30.3 Å². The van der Waals surface area contributed by atoms with Gasteiger partial charge < -0.3 is 10.1 Å². The maximum atomic E-state index is 12.3. The standard InChI is InChI=1S/C22H25N5O3/c1-16(2)27-20(11-12-23-27)25-22(29)17(3)30-21(28)10-9-19-13-24-26(15-19)14-18-7-5-4-6-8-18/h4-13,15-17H,14H2,1-3H3,(H,25,29)/b10-9+/t17-/m1/s1. The highest BCUT2D eigenvalue weighted by Crippen LogP contribution is 2.13. The second-order valence-corrected chi connectivity index (χ2v) is 7.11. The van der Waals surface area contributed by atoms with Crippen LogP contribution in [0.15, 0.2) is 61.1 Å². The van der Waals surface area contributed by atoms with Gasteiger partial charge in [0.2, 0.25) is 0 Å². The van der Waals surface area contributed by atoms with Gasteiger partial charge in [-0.15, -0.1) is 0 Å². The van der Waals surface area contributed by atoms with E-state index in [4.69, 9.17) is 4.74 Å². The van der Waals surface area contributed by atoms with Crippen LogP contribution in [0.5, 0.6) is 0 Å². The minimum atomic E-state index is -0.946. The first-order chi connectivity index (χ1) is 14.4. The van der Waals surface area contributed by atoms with Crippen molar-refractivity contribution in [2.75, 3.05) is 5.32 Å². The Morgan fingerprint density at radius 3 is 2.63 bits per heavy atom. The van der Waals surface area contributed by atoms with Gasteiger partial charge >= 0.3 is 5.97 Å². The van der Waals surface area contributed by atoms with Gasteiger partial charge in [0.25, 0.3) is 5.91 Å². The number of anilines is 1. The van der Waals surface area contributed by atoms with Gasteiger partial charge in [-0.25, -0.2) is 9.48 Å². The highest BCUT2D eigenvalue weighted by molar-refractivity contribution is 5.96. The zero-order chi connectivity index (χ0) is 21.5. The van der Waals surface area contributed by atoms with E-state index >= 15 is 0 Å². The van der Waals surface area contributed by atoms with Crippen molar-refractivity contribution in [3.63, 3.8) is 0 Å². The van der Waals surface area contributed by atoms with Gasteiger partial charge in [-0.3, -0.25) is 9.48 Å². The van der Waals surface area contributed by atoms with Crippen molar-refractivity contribution in [3.05, 3.63) is 72.2 Å². The smallest absolute Gasteiger partial charge is 0.331 e. The summed E-state index contributed by atoms with van der Waals surface area (Å²) in [6.07, 6.45) is 7.04. The van der Waals surface area contributed by atoms with Gasteiger partial charge in [-0.05, 0) is 32.4 Å². The predicted molar refractivity (Wildman–Crippen MR) is 114 cm³/mol. The van der Waals surface area contributed by atoms with Crippen LogP contribution in [-0.2, 0) is 20.9 Å². The molecule has 0 aliphatic carbocycles. The molecule has 8 heteroatoms. The molecular formula is C22H25N5O3. The topological polar surface area (TPSA) is 91.0 Å². The van der Waals surface area contributed by atoms with E-state index in [1.807, 2.05) is 50.4 Å². The number of carbonyl (C=O) groups is 2. The van der Waals surface area contributed by atoms with E-state index in [1.54, 1.807) is 33.9 Å². The number of rotatable bonds is 8. The van der Waals surface area contributed by atoms with E-state index in [-0.39, 0.29) is 6.04 Å². The molecule has 8 nitrogen and oxygen atoms in total. The summed E-state index contributed by atoms with van der Waals surface area (Å²) in [5.74, 6) is -0.472. The molecule has 2 aromatic heterocycles. The largest absolute Gasteiger partial charge is 0.449 e. The number of nitrogens with one attached hydrogen (secondary N) is 1. The van der Waals surface area contributed by atoms with E-state index in [0.29, 0.717) is 12.4 Å². The molecular weight excluding hydrogens is 382 g/mol. The lowest BCUT2D eigenvalue weighted by atomic mass is 10.2. The summed E-state index contributed by atoms with van der Waals surface area (Å²) in [6.45, 7) is 6.08. The summed E-state index contributed by atoms with van der Waals surface area (Å²) in [7, 11) is 0. The third-order valence-corrected chi connectivity index (χ3v) is 4.33. The molecule has 0 saturated heterocycles. The molecule has 156 valence electrons. The summed E-state index contributed by atoms with van der Waals surface area (Å²) >= 11 is 0. The number of benzene rings is 1. The lowest BCUT2D eigenvalue weighted by molar-refractivity contribution is -0.148. The van der Waals surface area contributed by atoms with E-state index in [1.165, 1.54) is 13.0 Å². The normalized spacial score (nSPS) is 12.3. The van der Waals surface area contributed by atoms with Crippen molar-refractivity contribution in [2.24, 2.45) is 0 Å².